The van der Waals surface area contributed by atoms with Crippen molar-refractivity contribution in [2.45, 2.75) is 13.3 Å². The summed E-state index contributed by atoms with van der Waals surface area (Å²) in [5, 5.41) is 3.52. The Bertz CT molecular complexity index is 826. The molecule has 122 valence electrons. The minimum absolute atomic E-state index is 0.229. The van der Waals surface area contributed by atoms with Gasteiger partial charge in [0.2, 0.25) is 5.89 Å². The van der Waals surface area contributed by atoms with Crippen LogP contribution in [0.25, 0.3) is 11.5 Å². The predicted octanol–water partition coefficient (Wildman–Crippen LogP) is 4.28. The molecule has 0 aliphatic heterocycles. The van der Waals surface area contributed by atoms with Gasteiger partial charge in [0.05, 0.1) is 0 Å². The molecule has 5 heteroatoms. The normalized spacial score (nSPS) is 10.6. The van der Waals surface area contributed by atoms with E-state index in [0.29, 0.717) is 28.9 Å². The van der Waals surface area contributed by atoms with Crippen LogP contribution in [-0.2, 0) is 6.42 Å². The number of hydrogen-bond acceptors (Lipinski definition) is 3. The minimum atomic E-state index is -0.229. The molecule has 0 bridgehead atoms. The number of nitrogens with one attached hydrogen (secondary N) is 1. The van der Waals surface area contributed by atoms with Crippen LogP contribution in [0, 0.1) is 6.92 Å². The second kappa shape index (κ2) is 7.32. The van der Waals surface area contributed by atoms with Gasteiger partial charge in [0.15, 0.2) is 5.69 Å². The number of hydrogen-bond donors (Lipinski definition) is 1. The SMILES string of the molecule is Cc1oc(-c2ccc(Cl)cc2)nc1C(=O)NCCc1ccccc1. The zero-order valence-corrected chi connectivity index (χ0v) is 14.0. The van der Waals surface area contributed by atoms with Crippen molar-refractivity contribution in [2.24, 2.45) is 0 Å². The van der Waals surface area contributed by atoms with Gasteiger partial charge < -0.3 is 9.73 Å². The fourth-order valence-corrected chi connectivity index (χ4v) is 2.50. The second-order valence-electron chi connectivity index (χ2n) is 5.42. The van der Waals surface area contributed by atoms with E-state index in [9.17, 15) is 4.79 Å². The van der Waals surface area contributed by atoms with Crippen molar-refractivity contribution < 1.29 is 9.21 Å². The van der Waals surface area contributed by atoms with Crippen molar-refractivity contribution in [3.63, 3.8) is 0 Å². The summed E-state index contributed by atoms with van der Waals surface area (Å²) in [6.07, 6.45) is 0.771. The molecule has 3 rings (SSSR count). The van der Waals surface area contributed by atoms with Crippen LogP contribution in [0.15, 0.2) is 59.0 Å². The Morgan fingerprint density at radius 3 is 2.54 bits per heavy atom. The summed E-state index contributed by atoms with van der Waals surface area (Å²) >= 11 is 5.88. The molecule has 0 atom stereocenters. The second-order valence-corrected chi connectivity index (χ2v) is 5.86. The molecule has 1 aromatic heterocycles. The monoisotopic (exact) mass is 340 g/mol. The van der Waals surface area contributed by atoms with Gasteiger partial charge in [-0.1, -0.05) is 41.9 Å². The number of halogens is 1. The molecule has 0 saturated heterocycles. The first kappa shape index (κ1) is 16.3. The summed E-state index contributed by atoms with van der Waals surface area (Å²) in [6, 6.07) is 17.1. The zero-order valence-electron chi connectivity index (χ0n) is 13.3. The summed E-state index contributed by atoms with van der Waals surface area (Å²) in [7, 11) is 0. The van der Waals surface area contributed by atoms with Crippen LogP contribution in [0.3, 0.4) is 0 Å². The lowest BCUT2D eigenvalue weighted by molar-refractivity contribution is 0.0948. The molecule has 0 unspecified atom stereocenters. The third-order valence-electron chi connectivity index (χ3n) is 3.64. The minimum Gasteiger partial charge on any atom is -0.441 e. The van der Waals surface area contributed by atoms with Crippen molar-refractivity contribution in [3.05, 3.63) is 76.6 Å². The highest BCUT2D eigenvalue weighted by Gasteiger charge is 2.17. The van der Waals surface area contributed by atoms with Gasteiger partial charge in [-0.3, -0.25) is 4.79 Å². The summed E-state index contributed by atoms with van der Waals surface area (Å²) < 4.78 is 5.61. The van der Waals surface area contributed by atoms with Gasteiger partial charge >= 0.3 is 0 Å². The molecule has 1 heterocycles. The van der Waals surface area contributed by atoms with E-state index < -0.39 is 0 Å². The van der Waals surface area contributed by atoms with E-state index in [0.717, 1.165) is 12.0 Å². The van der Waals surface area contributed by atoms with Crippen LogP contribution < -0.4 is 5.32 Å². The van der Waals surface area contributed by atoms with Crippen molar-refractivity contribution in [3.8, 4) is 11.5 Å². The number of oxazole rings is 1. The quantitative estimate of drug-likeness (QED) is 0.754. The first-order valence-electron chi connectivity index (χ1n) is 7.69. The lowest BCUT2D eigenvalue weighted by atomic mass is 10.1. The predicted molar refractivity (Wildman–Crippen MR) is 94.2 cm³/mol. The van der Waals surface area contributed by atoms with Gasteiger partial charge in [0.25, 0.3) is 5.91 Å². The number of carbonyl (C=O) groups is 1. The number of nitrogens with zero attached hydrogens (tertiary/aromatic N) is 1. The first-order chi connectivity index (χ1) is 11.6. The Hall–Kier alpha value is -2.59. The van der Waals surface area contributed by atoms with Crippen LogP contribution >= 0.6 is 11.6 Å². The highest BCUT2D eigenvalue weighted by molar-refractivity contribution is 6.30. The maximum atomic E-state index is 12.3. The van der Waals surface area contributed by atoms with Crippen LogP contribution in [-0.4, -0.2) is 17.4 Å². The van der Waals surface area contributed by atoms with Crippen LogP contribution in [0.5, 0.6) is 0 Å². The molecule has 0 fully saturated rings. The van der Waals surface area contributed by atoms with Crippen LogP contribution in [0.1, 0.15) is 21.8 Å². The number of rotatable bonds is 5. The number of benzene rings is 2. The Labute approximate surface area is 145 Å². The van der Waals surface area contributed by atoms with E-state index in [1.807, 2.05) is 42.5 Å². The maximum absolute atomic E-state index is 12.3. The molecule has 0 aliphatic carbocycles. The molecule has 4 nitrogen and oxygen atoms in total. The standard InChI is InChI=1S/C19H17ClN2O2/c1-13-17(18(23)21-12-11-14-5-3-2-4-6-14)22-19(24-13)15-7-9-16(20)10-8-15/h2-10H,11-12H2,1H3,(H,21,23). The molecular formula is C19H17ClN2O2. The van der Waals surface area contributed by atoms with Gasteiger partial charge in [-0.25, -0.2) is 4.98 Å². The number of amides is 1. The number of aromatic nitrogens is 1. The average Bonchev–Trinajstić information content (AvgIpc) is 2.98. The molecule has 0 radical (unpaired) electrons. The average molecular weight is 341 g/mol. The molecule has 0 saturated carbocycles. The lowest BCUT2D eigenvalue weighted by Crippen LogP contribution is -2.26. The van der Waals surface area contributed by atoms with E-state index in [-0.39, 0.29) is 5.91 Å². The number of aryl methyl sites for hydroxylation is 1. The van der Waals surface area contributed by atoms with Gasteiger partial charge in [0.1, 0.15) is 5.76 Å². The van der Waals surface area contributed by atoms with Crippen molar-refractivity contribution in [2.75, 3.05) is 6.54 Å². The summed E-state index contributed by atoms with van der Waals surface area (Å²) in [6.45, 7) is 2.28. The molecule has 0 spiro atoms. The molecule has 0 aliphatic rings. The fourth-order valence-electron chi connectivity index (χ4n) is 2.37. The zero-order chi connectivity index (χ0) is 16.9. The Balaban J connectivity index is 1.66. The van der Waals surface area contributed by atoms with Gasteiger partial charge in [-0.15, -0.1) is 0 Å². The highest BCUT2D eigenvalue weighted by atomic mass is 35.5. The molecule has 2 aromatic carbocycles. The van der Waals surface area contributed by atoms with Crippen LogP contribution in [0.2, 0.25) is 5.02 Å². The highest BCUT2D eigenvalue weighted by Crippen LogP contribution is 2.23. The Morgan fingerprint density at radius 1 is 1.12 bits per heavy atom. The Kier molecular flexibility index (Phi) is 4.96. The summed E-state index contributed by atoms with van der Waals surface area (Å²) in [5.74, 6) is 0.682. The van der Waals surface area contributed by atoms with E-state index in [1.54, 1.807) is 19.1 Å². The van der Waals surface area contributed by atoms with Crippen molar-refractivity contribution in [1.29, 1.82) is 0 Å². The van der Waals surface area contributed by atoms with E-state index in [2.05, 4.69) is 10.3 Å². The van der Waals surface area contributed by atoms with Crippen molar-refractivity contribution >= 4 is 17.5 Å². The Morgan fingerprint density at radius 2 is 1.83 bits per heavy atom. The van der Waals surface area contributed by atoms with Gasteiger partial charge in [-0.2, -0.15) is 0 Å². The van der Waals surface area contributed by atoms with Crippen LogP contribution in [0.4, 0.5) is 0 Å². The van der Waals surface area contributed by atoms with E-state index in [4.69, 9.17) is 16.0 Å². The molecule has 1 amide bonds. The smallest absolute Gasteiger partial charge is 0.273 e. The van der Waals surface area contributed by atoms with Crippen molar-refractivity contribution in [1.82, 2.24) is 10.3 Å². The van der Waals surface area contributed by atoms with E-state index >= 15 is 0 Å². The maximum Gasteiger partial charge on any atom is 0.273 e. The number of carbonyl (C=O) groups excluding carboxylic acids is 1. The molecule has 3 aromatic rings. The topological polar surface area (TPSA) is 55.1 Å². The lowest BCUT2D eigenvalue weighted by Gasteiger charge is -2.03. The third-order valence-corrected chi connectivity index (χ3v) is 3.90. The molecule has 24 heavy (non-hydrogen) atoms. The fraction of sp³-hybridized carbons (Fsp3) is 0.158. The largest absolute Gasteiger partial charge is 0.441 e. The third kappa shape index (κ3) is 3.84. The summed E-state index contributed by atoms with van der Waals surface area (Å²) in [5.41, 5.74) is 2.27. The first-order valence-corrected chi connectivity index (χ1v) is 8.07. The van der Waals surface area contributed by atoms with Gasteiger partial charge in [0, 0.05) is 17.1 Å². The molecular weight excluding hydrogens is 324 g/mol. The van der Waals surface area contributed by atoms with E-state index in [1.165, 1.54) is 5.56 Å². The molecule has 1 N–H and O–H groups in total. The summed E-state index contributed by atoms with van der Waals surface area (Å²) in [4.78, 5) is 16.6. The van der Waals surface area contributed by atoms with Gasteiger partial charge in [-0.05, 0) is 43.2 Å².